The fourth-order valence-corrected chi connectivity index (χ4v) is 2.68. The Bertz CT molecular complexity index is 394. The Hall–Kier alpha value is -1.42. The van der Waals surface area contributed by atoms with E-state index in [1.807, 2.05) is 18.2 Å². The molecular formula is C15H22N2O2. The fraction of sp³-hybridized carbons (Fsp3) is 0.600. The van der Waals surface area contributed by atoms with Crippen molar-refractivity contribution in [1.29, 1.82) is 0 Å². The van der Waals surface area contributed by atoms with Crippen molar-refractivity contribution in [3.8, 4) is 0 Å². The van der Waals surface area contributed by atoms with Crippen LogP contribution < -0.4 is 5.32 Å². The van der Waals surface area contributed by atoms with Gasteiger partial charge in [0.2, 0.25) is 5.91 Å². The number of rotatable bonds is 5. The number of amides is 1. The maximum atomic E-state index is 11.9. The predicted octanol–water partition coefficient (Wildman–Crippen LogP) is 1.68. The average Bonchev–Trinajstić information content (AvgIpc) is 2.47. The van der Waals surface area contributed by atoms with Crippen LogP contribution in [-0.2, 0) is 11.2 Å². The number of aryl methyl sites for hydroxylation is 1. The second-order valence-corrected chi connectivity index (χ2v) is 5.22. The molecular weight excluding hydrogens is 240 g/mol. The van der Waals surface area contributed by atoms with Crippen molar-refractivity contribution in [3.05, 3.63) is 30.1 Å². The van der Waals surface area contributed by atoms with Gasteiger partial charge in [0.25, 0.3) is 0 Å². The highest BCUT2D eigenvalue weighted by atomic mass is 16.3. The number of hydrogen-bond donors (Lipinski definition) is 2. The summed E-state index contributed by atoms with van der Waals surface area (Å²) < 4.78 is 0. The van der Waals surface area contributed by atoms with E-state index >= 15 is 0 Å². The van der Waals surface area contributed by atoms with Gasteiger partial charge in [0.15, 0.2) is 0 Å². The van der Waals surface area contributed by atoms with E-state index in [9.17, 15) is 9.90 Å². The molecule has 1 saturated carbocycles. The monoisotopic (exact) mass is 262 g/mol. The van der Waals surface area contributed by atoms with Crippen LogP contribution in [0.4, 0.5) is 0 Å². The van der Waals surface area contributed by atoms with E-state index < -0.39 is 0 Å². The Balaban J connectivity index is 1.77. The Morgan fingerprint density at radius 3 is 2.95 bits per heavy atom. The van der Waals surface area contributed by atoms with Crippen LogP contribution in [0.25, 0.3) is 0 Å². The molecule has 1 aromatic rings. The highest BCUT2D eigenvalue weighted by Crippen LogP contribution is 2.24. The number of nitrogens with zero attached hydrogens (tertiary/aromatic N) is 1. The molecule has 1 fully saturated rings. The van der Waals surface area contributed by atoms with Crippen LogP contribution in [0.1, 0.15) is 37.8 Å². The van der Waals surface area contributed by atoms with Gasteiger partial charge in [-0.3, -0.25) is 9.78 Å². The topological polar surface area (TPSA) is 62.2 Å². The number of hydrogen-bond acceptors (Lipinski definition) is 3. The molecule has 0 spiro atoms. The number of carbonyl (C=O) groups is 1. The molecule has 104 valence electrons. The summed E-state index contributed by atoms with van der Waals surface area (Å²) >= 11 is 0. The first kappa shape index (κ1) is 14.0. The molecule has 0 radical (unpaired) electrons. The summed E-state index contributed by atoms with van der Waals surface area (Å²) in [6, 6.07) is 5.89. The van der Waals surface area contributed by atoms with E-state index in [1.165, 1.54) is 0 Å². The normalized spacial score (nSPS) is 23.0. The lowest BCUT2D eigenvalue weighted by Crippen LogP contribution is -2.43. The number of aromatic nitrogens is 1. The fourth-order valence-electron chi connectivity index (χ4n) is 2.68. The van der Waals surface area contributed by atoms with Crippen LogP contribution >= 0.6 is 0 Å². The molecule has 1 aromatic heterocycles. The van der Waals surface area contributed by atoms with E-state index in [4.69, 9.17) is 0 Å². The van der Waals surface area contributed by atoms with Crippen molar-refractivity contribution >= 4 is 5.91 Å². The Kier molecular flexibility index (Phi) is 5.33. The molecule has 2 unspecified atom stereocenters. The average molecular weight is 262 g/mol. The van der Waals surface area contributed by atoms with Gasteiger partial charge in [-0.15, -0.1) is 0 Å². The lowest BCUT2D eigenvalue weighted by atomic mass is 9.85. The smallest absolute Gasteiger partial charge is 0.220 e. The van der Waals surface area contributed by atoms with Crippen molar-refractivity contribution in [1.82, 2.24) is 10.3 Å². The van der Waals surface area contributed by atoms with Gasteiger partial charge in [-0.1, -0.05) is 18.9 Å². The largest absolute Gasteiger partial charge is 0.396 e. The Morgan fingerprint density at radius 2 is 2.21 bits per heavy atom. The number of aliphatic hydroxyl groups excluding tert-OH is 1. The molecule has 2 rings (SSSR count). The van der Waals surface area contributed by atoms with Crippen LogP contribution in [0.5, 0.6) is 0 Å². The highest BCUT2D eigenvalue weighted by Gasteiger charge is 2.25. The van der Waals surface area contributed by atoms with Crippen LogP contribution in [0.2, 0.25) is 0 Å². The second-order valence-electron chi connectivity index (χ2n) is 5.22. The first-order valence-electron chi connectivity index (χ1n) is 7.09. The zero-order valence-electron chi connectivity index (χ0n) is 11.2. The minimum absolute atomic E-state index is 0.0657. The van der Waals surface area contributed by atoms with Gasteiger partial charge in [-0.2, -0.15) is 0 Å². The van der Waals surface area contributed by atoms with Crippen molar-refractivity contribution < 1.29 is 9.90 Å². The van der Waals surface area contributed by atoms with Gasteiger partial charge in [0.05, 0.1) is 0 Å². The zero-order chi connectivity index (χ0) is 13.5. The quantitative estimate of drug-likeness (QED) is 0.848. The van der Waals surface area contributed by atoms with Gasteiger partial charge in [-0.25, -0.2) is 0 Å². The van der Waals surface area contributed by atoms with Crippen molar-refractivity contribution in [2.45, 2.75) is 44.6 Å². The zero-order valence-corrected chi connectivity index (χ0v) is 11.2. The van der Waals surface area contributed by atoms with E-state index in [0.29, 0.717) is 12.8 Å². The summed E-state index contributed by atoms with van der Waals surface area (Å²) in [6.45, 7) is 0.172. The van der Waals surface area contributed by atoms with Crippen LogP contribution in [-0.4, -0.2) is 28.6 Å². The second kappa shape index (κ2) is 7.24. The Morgan fingerprint density at radius 1 is 1.37 bits per heavy atom. The van der Waals surface area contributed by atoms with E-state index in [1.54, 1.807) is 6.20 Å². The number of aliphatic hydroxyl groups is 1. The third kappa shape index (κ3) is 4.31. The van der Waals surface area contributed by atoms with Gasteiger partial charge < -0.3 is 10.4 Å². The van der Waals surface area contributed by atoms with E-state index in [2.05, 4.69) is 10.3 Å². The van der Waals surface area contributed by atoms with E-state index in [-0.39, 0.29) is 24.5 Å². The summed E-state index contributed by atoms with van der Waals surface area (Å²) in [6.07, 6.45) is 7.18. The van der Waals surface area contributed by atoms with Crippen molar-refractivity contribution in [3.63, 3.8) is 0 Å². The number of nitrogens with one attached hydrogen (secondary N) is 1. The summed E-state index contributed by atoms with van der Waals surface area (Å²) in [5.74, 6) is 0.295. The molecule has 0 aliphatic heterocycles. The number of carbonyl (C=O) groups excluding carboxylic acids is 1. The summed E-state index contributed by atoms with van der Waals surface area (Å²) in [5.41, 5.74) is 0.944. The predicted molar refractivity (Wildman–Crippen MR) is 73.5 cm³/mol. The molecule has 0 aromatic carbocycles. The molecule has 2 atom stereocenters. The first-order chi connectivity index (χ1) is 9.29. The SMILES string of the molecule is O=C(CCc1ccccn1)NC1CCCCC1CO. The molecule has 0 bridgehead atoms. The molecule has 1 heterocycles. The minimum Gasteiger partial charge on any atom is -0.396 e. The maximum absolute atomic E-state index is 11.9. The third-order valence-corrected chi connectivity index (χ3v) is 3.82. The lowest BCUT2D eigenvalue weighted by molar-refractivity contribution is -0.122. The van der Waals surface area contributed by atoms with Crippen molar-refractivity contribution in [2.24, 2.45) is 5.92 Å². The van der Waals surface area contributed by atoms with Gasteiger partial charge in [0.1, 0.15) is 0 Å². The minimum atomic E-state index is 0.0657. The van der Waals surface area contributed by atoms with E-state index in [0.717, 1.165) is 31.4 Å². The summed E-state index contributed by atoms with van der Waals surface area (Å²) in [5, 5.41) is 12.4. The number of pyridine rings is 1. The Labute approximate surface area is 114 Å². The molecule has 4 heteroatoms. The standard InChI is InChI=1S/C15H22N2O2/c18-11-12-5-1-2-7-14(12)17-15(19)9-8-13-6-3-4-10-16-13/h3-4,6,10,12,14,18H,1-2,5,7-9,11H2,(H,17,19). The molecule has 1 aliphatic carbocycles. The summed E-state index contributed by atoms with van der Waals surface area (Å²) in [4.78, 5) is 16.1. The van der Waals surface area contributed by atoms with Crippen LogP contribution in [0.3, 0.4) is 0 Å². The molecule has 19 heavy (non-hydrogen) atoms. The van der Waals surface area contributed by atoms with Crippen LogP contribution in [0, 0.1) is 5.92 Å². The third-order valence-electron chi connectivity index (χ3n) is 3.82. The van der Waals surface area contributed by atoms with Gasteiger partial charge >= 0.3 is 0 Å². The molecule has 2 N–H and O–H groups in total. The van der Waals surface area contributed by atoms with Crippen LogP contribution in [0.15, 0.2) is 24.4 Å². The molecule has 4 nitrogen and oxygen atoms in total. The van der Waals surface area contributed by atoms with Gasteiger partial charge in [0, 0.05) is 36.9 Å². The highest BCUT2D eigenvalue weighted by molar-refractivity contribution is 5.76. The molecule has 0 saturated heterocycles. The molecule has 1 aliphatic rings. The van der Waals surface area contributed by atoms with Crippen molar-refractivity contribution in [2.75, 3.05) is 6.61 Å². The summed E-state index contributed by atoms with van der Waals surface area (Å²) in [7, 11) is 0. The van der Waals surface area contributed by atoms with Gasteiger partial charge in [-0.05, 0) is 31.4 Å². The lowest BCUT2D eigenvalue weighted by Gasteiger charge is -2.30. The first-order valence-corrected chi connectivity index (χ1v) is 7.09. The molecule has 1 amide bonds. The maximum Gasteiger partial charge on any atom is 0.220 e.